The van der Waals surface area contributed by atoms with E-state index >= 15 is 0 Å². The Kier molecular flexibility index (Phi) is 4.70. The lowest BCUT2D eigenvalue weighted by molar-refractivity contribution is -0.137. The highest BCUT2D eigenvalue weighted by Gasteiger charge is 2.37. The topological polar surface area (TPSA) is 42.2 Å². The quantitative estimate of drug-likeness (QED) is 0.626. The molecule has 0 amide bonds. The molecule has 0 saturated carbocycles. The van der Waals surface area contributed by atoms with E-state index < -0.39 is 11.9 Å². The number of hydrogen-bond donors (Lipinski definition) is 1. The maximum Gasteiger partial charge on any atom is 0.323 e. The lowest BCUT2D eigenvalue weighted by Gasteiger charge is -2.25. The van der Waals surface area contributed by atoms with Crippen LogP contribution in [0.4, 0.5) is 8.78 Å². The number of nitrogens with zero attached hydrogens (tertiary/aromatic N) is 1. The highest BCUT2D eigenvalue weighted by atomic mass is 32.2. The van der Waals surface area contributed by atoms with Crippen LogP contribution in [0.2, 0.25) is 0 Å². The van der Waals surface area contributed by atoms with Gasteiger partial charge in [0.15, 0.2) is 0 Å². The summed E-state index contributed by atoms with van der Waals surface area (Å²) in [4.78, 5) is 12.0. The van der Waals surface area contributed by atoms with E-state index in [4.69, 9.17) is 0 Å². The van der Waals surface area contributed by atoms with Gasteiger partial charge >= 0.3 is 5.97 Å². The van der Waals surface area contributed by atoms with Crippen LogP contribution in [0.1, 0.15) is 34.4 Å². The molecule has 0 aliphatic carbocycles. The molecule has 6 heteroatoms. The first-order valence-corrected chi connectivity index (χ1v) is 10.2. The molecule has 0 unspecified atom stereocenters. The fourth-order valence-electron chi connectivity index (χ4n) is 3.95. The molecule has 4 rings (SSSR count). The number of carbonyl (C=O) groups is 1. The van der Waals surface area contributed by atoms with Gasteiger partial charge in [0.1, 0.15) is 6.54 Å². The molecule has 3 aromatic rings. The number of carboxylic acids is 1. The largest absolute Gasteiger partial charge is 0.480 e. The number of alkyl halides is 2. The molecular weight excluding hydrogens is 380 g/mol. The number of halogens is 2. The van der Waals surface area contributed by atoms with Gasteiger partial charge in [0, 0.05) is 39.2 Å². The molecule has 1 N–H and O–H groups in total. The molecule has 0 atom stereocenters. The minimum Gasteiger partial charge on any atom is -0.480 e. The molecule has 0 fully saturated rings. The van der Waals surface area contributed by atoms with E-state index in [1.54, 1.807) is 16.7 Å². The predicted octanol–water partition coefficient (Wildman–Crippen LogP) is 5.52. The molecule has 28 heavy (non-hydrogen) atoms. The number of carboxylic acid groups (broad SMARTS) is 1. The lowest BCUT2D eigenvalue weighted by Crippen LogP contribution is -2.19. The van der Waals surface area contributed by atoms with Gasteiger partial charge in [0.05, 0.1) is 0 Å². The first kappa shape index (κ1) is 19.0. The summed E-state index contributed by atoms with van der Waals surface area (Å²) in [7, 11) is 0. The van der Waals surface area contributed by atoms with Gasteiger partial charge in [-0.3, -0.25) is 4.79 Å². The summed E-state index contributed by atoms with van der Waals surface area (Å²) in [6, 6.07) is 11.3. The van der Waals surface area contributed by atoms with Gasteiger partial charge in [-0.25, -0.2) is 8.78 Å². The zero-order valence-corrected chi connectivity index (χ0v) is 16.6. The van der Waals surface area contributed by atoms with Crippen LogP contribution in [-0.2, 0) is 23.7 Å². The van der Waals surface area contributed by atoms with Crippen LogP contribution in [0.3, 0.4) is 0 Å². The molecule has 1 aliphatic rings. The number of aromatic nitrogens is 1. The average molecular weight is 401 g/mol. The molecule has 2 heterocycles. The van der Waals surface area contributed by atoms with Crippen molar-refractivity contribution in [2.75, 3.05) is 5.75 Å². The van der Waals surface area contributed by atoms with Crippen molar-refractivity contribution in [3.63, 3.8) is 0 Å². The van der Waals surface area contributed by atoms with Gasteiger partial charge in [-0.1, -0.05) is 17.7 Å². The van der Waals surface area contributed by atoms with Gasteiger partial charge in [0.2, 0.25) is 0 Å². The Balaban J connectivity index is 1.81. The SMILES string of the molecule is Cc1ccc2c(c1)c(Cc1ccc3c(c1)C(F)(F)CCS3)c(C)n2CC(=O)O. The van der Waals surface area contributed by atoms with Gasteiger partial charge in [0.25, 0.3) is 5.92 Å². The van der Waals surface area contributed by atoms with E-state index in [-0.39, 0.29) is 18.5 Å². The van der Waals surface area contributed by atoms with Crippen molar-refractivity contribution in [2.45, 2.75) is 44.1 Å². The zero-order valence-electron chi connectivity index (χ0n) is 15.8. The van der Waals surface area contributed by atoms with E-state index in [1.165, 1.54) is 11.8 Å². The second-order valence-corrected chi connectivity index (χ2v) is 8.51. The number of hydrogen-bond acceptors (Lipinski definition) is 2. The van der Waals surface area contributed by atoms with Crippen LogP contribution in [0, 0.1) is 13.8 Å². The lowest BCUT2D eigenvalue weighted by atomic mass is 9.97. The normalized spacial score (nSPS) is 15.6. The monoisotopic (exact) mass is 401 g/mol. The van der Waals surface area contributed by atoms with Crippen LogP contribution < -0.4 is 0 Å². The highest BCUT2D eigenvalue weighted by Crippen LogP contribution is 2.44. The third-order valence-electron chi connectivity index (χ3n) is 5.40. The Labute approximate surface area is 166 Å². The maximum atomic E-state index is 14.4. The predicted molar refractivity (Wildman–Crippen MR) is 108 cm³/mol. The molecule has 1 aliphatic heterocycles. The van der Waals surface area contributed by atoms with Crippen LogP contribution in [0.5, 0.6) is 0 Å². The molecule has 0 spiro atoms. The summed E-state index contributed by atoms with van der Waals surface area (Å²) < 4.78 is 30.5. The second kappa shape index (κ2) is 6.92. The summed E-state index contributed by atoms with van der Waals surface area (Å²) in [5.41, 5.74) is 4.73. The van der Waals surface area contributed by atoms with E-state index in [2.05, 4.69) is 0 Å². The van der Waals surface area contributed by atoms with Crippen LogP contribution in [0.25, 0.3) is 10.9 Å². The number of thioether (sulfide) groups is 1. The molecule has 3 nitrogen and oxygen atoms in total. The molecule has 1 aromatic heterocycles. The Hall–Kier alpha value is -2.34. The Bertz CT molecular complexity index is 1090. The summed E-state index contributed by atoms with van der Waals surface area (Å²) in [6.45, 7) is 3.77. The summed E-state index contributed by atoms with van der Waals surface area (Å²) in [6.07, 6.45) is 0.358. The number of benzene rings is 2. The van der Waals surface area contributed by atoms with Crippen molar-refractivity contribution in [1.82, 2.24) is 4.57 Å². The number of aryl methyl sites for hydroxylation is 1. The first-order chi connectivity index (χ1) is 13.3. The summed E-state index contributed by atoms with van der Waals surface area (Å²) >= 11 is 1.48. The number of rotatable bonds is 4. The minimum absolute atomic E-state index is 0.115. The fourth-order valence-corrected chi connectivity index (χ4v) is 5.06. The van der Waals surface area contributed by atoms with Crippen molar-refractivity contribution in [2.24, 2.45) is 0 Å². The Morgan fingerprint density at radius 1 is 1.21 bits per heavy atom. The second-order valence-electron chi connectivity index (χ2n) is 7.37. The van der Waals surface area contributed by atoms with E-state index in [9.17, 15) is 18.7 Å². The highest BCUT2D eigenvalue weighted by molar-refractivity contribution is 7.99. The van der Waals surface area contributed by atoms with Crippen molar-refractivity contribution in [3.8, 4) is 0 Å². The number of aliphatic carboxylic acids is 1. The maximum absolute atomic E-state index is 14.4. The van der Waals surface area contributed by atoms with Crippen molar-refractivity contribution < 1.29 is 18.7 Å². The zero-order chi connectivity index (χ0) is 20.1. The van der Waals surface area contributed by atoms with Gasteiger partial charge in [-0.15, -0.1) is 11.8 Å². The fraction of sp³-hybridized carbons (Fsp3) is 0.318. The molecule has 0 saturated heterocycles. The smallest absolute Gasteiger partial charge is 0.323 e. The van der Waals surface area contributed by atoms with Crippen LogP contribution in [-0.4, -0.2) is 21.4 Å². The van der Waals surface area contributed by atoms with Gasteiger partial charge < -0.3 is 9.67 Å². The molecular formula is C22H21F2NO2S. The number of fused-ring (bicyclic) bond motifs is 2. The van der Waals surface area contributed by atoms with Crippen LogP contribution in [0.15, 0.2) is 41.3 Å². The Morgan fingerprint density at radius 2 is 2.00 bits per heavy atom. The van der Waals surface area contributed by atoms with Gasteiger partial charge in [-0.2, -0.15) is 0 Å². The molecule has 146 valence electrons. The third-order valence-corrected chi connectivity index (χ3v) is 6.47. The van der Waals surface area contributed by atoms with Crippen molar-refractivity contribution in [1.29, 1.82) is 0 Å². The van der Waals surface area contributed by atoms with E-state index in [1.807, 2.05) is 38.1 Å². The van der Waals surface area contributed by atoms with Crippen LogP contribution >= 0.6 is 11.8 Å². The van der Waals surface area contributed by atoms with E-state index in [0.717, 1.165) is 33.3 Å². The molecule has 0 bridgehead atoms. The average Bonchev–Trinajstić information content (AvgIpc) is 2.87. The molecule has 2 aromatic carbocycles. The summed E-state index contributed by atoms with van der Waals surface area (Å²) in [5.74, 6) is -3.27. The van der Waals surface area contributed by atoms with Crippen molar-refractivity contribution in [3.05, 3.63) is 64.3 Å². The Morgan fingerprint density at radius 3 is 2.75 bits per heavy atom. The van der Waals surface area contributed by atoms with Gasteiger partial charge in [-0.05, 0) is 55.7 Å². The standard InChI is InChI=1S/C22H21F2NO2S/c1-13-3-5-19-17(9-13)16(14(2)25(19)12-21(26)27)10-15-4-6-20-18(11-15)22(23,24)7-8-28-20/h3-6,9,11H,7-8,10,12H2,1-2H3,(H,26,27). The summed E-state index contributed by atoms with van der Waals surface area (Å²) in [5, 5.41) is 10.3. The first-order valence-electron chi connectivity index (χ1n) is 9.20. The van der Waals surface area contributed by atoms with E-state index in [0.29, 0.717) is 17.1 Å². The van der Waals surface area contributed by atoms with Crippen molar-refractivity contribution >= 4 is 28.6 Å². The minimum atomic E-state index is -2.79. The molecule has 0 radical (unpaired) electrons. The third kappa shape index (κ3) is 3.30.